The Morgan fingerprint density at radius 2 is 2.11 bits per heavy atom. The highest BCUT2D eigenvalue weighted by molar-refractivity contribution is 6.30. The van der Waals surface area contributed by atoms with E-state index in [2.05, 4.69) is 5.32 Å². The maximum atomic E-state index is 12.0. The summed E-state index contributed by atoms with van der Waals surface area (Å²) in [6, 6.07) is 5.33. The molecule has 0 heterocycles. The van der Waals surface area contributed by atoms with Crippen molar-refractivity contribution in [2.24, 2.45) is 0 Å². The molecule has 0 aromatic heterocycles. The fourth-order valence-electron chi connectivity index (χ4n) is 1.51. The fourth-order valence-corrected chi connectivity index (χ4v) is 1.73. The highest BCUT2D eigenvalue weighted by atomic mass is 35.5. The van der Waals surface area contributed by atoms with Crippen LogP contribution in [-0.2, 0) is 4.79 Å². The zero-order valence-corrected chi connectivity index (χ0v) is 12.6. The molecule has 1 amide bonds. The molecule has 1 rings (SSSR count). The molecule has 0 bridgehead atoms. The van der Waals surface area contributed by atoms with Crippen LogP contribution >= 0.6 is 11.6 Å². The third kappa shape index (κ3) is 4.49. The highest BCUT2D eigenvalue weighted by Crippen LogP contribution is 2.19. The van der Waals surface area contributed by atoms with E-state index in [9.17, 15) is 9.90 Å². The molecule has 2 N–H and O–H groups in total. The Morgan fingerprint density at radius 3 is 2.63 bits per heavy atom. The third-order valence-electron chi connectivity index (χ3n) is 3.26. The summed E-state index contributed by atoms with van der Waals surface area (Å²) in [5, 5.41) is 12.7. The van der Waals surface area contributed by atoms with Gasteiger partial charge >= 0.3 is 0 Å². The van der Waals surface area contributed by atoms with E-state index in [0.29, 0.717) is 5.02 Å². The molecule has 0 unspecified atom stereocenters. The van der Waals surface area contributed by atoms with Gasteiger partial charge in [0.25, 0.3) is 0 Å². The fraction of sp³-hybridized carbons (Fsp3) is 0.500. The summed E-state index contributed by atoms with van der Waals surface area (Å²) >= 11 is 5.87. The van der Waals surface area contributed by atoms with Crippen LogP contribution in [0.3, 0.4) is 0 Å². The monoisotopic (exact) mass is 284 g/mol. The number of nitrogens with zero attached hydrogens (tertiary/aromatic N) is 1. The minimum Gasteiger partial charge on any atom is -0.394 e. The molecule has 4 nitrogen and oxygen atoms in total. The van der Waals surface area contributed by atoms with Crippen molar-refractivity contribution >= 4 is 23.2 Å². The van der Waals surface area contributed by atoms with Crippen molar-refractivity contribution in [1.82, 2.24) is 4.90 Å². The molecule has 0 aliphatic carbocycles. The van der Waals surface area contributed by atoms with Crippen LogP contribution < -0.4 is 5.32 Å². The summed E-state index contributed by atoms with van der Waals surface area (Å²) in [7, 11) is 1.81. The van der Waals surface area contributed by atoms with Gasteiger partial charge in [0.05, 0.1) is 13.2 Å². The van der Waals surface area contributed by atoms with E-state index in [1.54, 1.807) is 18.2 Å². The van der Waals surface area contributed by atoms with Gasteiger partial charge < -0.3 is 10.4 Å². The van der Waals surface area contributed by atoms with Crippen LogP contribution in [0.15, 0.2) is 18.2 Å². The molecule has 1 aromatic rings. The van der Waals surface area contributed by atoms with Crippen LogP contribution in [0.25, 0.3) is 0 Å². The standard InChI is InChI=1S/C14H21ClN2O2/c1-10-7-11(15)5-6-12(10)16-13(19)8-17(4)14(2,3)9-18/h5-7,18H,8-9H2,1-4H3,(H,16,19). The largest absolute Gasteiger partial charge is 0.394 e. The predicted molar refractivity (Wildman–Crippen MR) is 78.6 cm³/mol. The van der Waals surface area contributed by atoms with Crippen LogP contribution in [0.5, 0.6) is 0 Å². The lowest BCUT2D eigenvalue weighted by Gasteiger charge is -2.33. The van der Waals surface area contributed by atoms with Crippen molar-refractivity contribution in [3.05, 3.63) is 28.8 Å². The number of rotatable bonds is 5. The lowest BCUT2D eigenvalue weighted by molar-refractivity contribution is -0.118. The summed E-state index contributed by atoms with van der Waals surface area (Å²) in [4.78, 5) is 13.8. The van der Waals surface area contributed by atoms with Crippen molar-refractivity contribution in [2.75, 3.05) is 25.5 Å². The van der Waals surface area contributed by atoms with Gasteiger partial charge in [0, 0.05) is 16.2 Å². The van der Waals surface area contributed by atoms with Crippen molar-refractivity contribution in [2.45, 2.75) is 26.3 Å². The van der Waals surface area contributed by atoms with E-state index in [0.717, 1.165) is 11.3 Å². The lowest BCUT2D eigenvalue weighted by Crippen LogP contribution is -2.47. The van der Waals surface area contributed by atoms with E-state index in [1.807, 2.05) is 32.7 Å². The Kier molecular flexibility index (Phi) is 5.35. The predicted octanol–water partition coefficient (Wildman–Crippen LogP) is 2.29. The van der Waals surface area contributed by atoms with E-state index in [-0.39, 0.29) is 19.1 Å². The summed E-state index contributed by atoms with van der Waals surface area (Å²) in [6.07, 6.45) is 0. The number of aryl methyl sites for hydroxylation is 1. The molecule has 0 radical (unpaired) electrons. The average molecular weight is 285 g/mol. The molecule has 0 aliphatic rings. The van der Waals surface area contributed by atoms with Crippen LogP contribution in [-0.4, -0.2) is 41.7 Å². The molecule has 0 aliphatic heterocycles. The zero-order chi connectivity index (χ0) is 14.6. The first-order chi connectivity index (χ1) is 8.76. The number of amides is 1. The lowest BCUT2D eigenvalue weighted by atomic mass is 10.1. The van der Waals surface area contributed by atoms with E-state index < -0.39 is 5.54 Å². The molecular weight excluding hydrogens is 264 g/mol. The second kappa shape index (κ2) is 6.37. The Labute approximate surface area is 119 Å². The van der Waals surface area contributed by atoms with E-state index >= 15 is 0 Å². The smallest absolute Gasteiger partial charge is 0.238 e. The van der Waals surface area contributed by atoms with Gasteiger partial charge in [0.15, 0.2) is 0 Å². The summed E-state index contributed by atoms with van der Waals surface area (Å²) in [5.41, 5.74) is 1.25. The van der Waals surface area contributed by atoms with Gasteiger partial charge in [0.1, 0.15) is 0 Å². The van der Waals surface area contributed by atoms with Gasteiger partial charge in [0.2, 0.25) is 5.91 Å². The third-order valence-corrected chi connectivity index (χ3v) is 3.50. The maximum Gasteiger partial charge on any atom is 0.238 e. The molecule has 0 saturated heterocycles. The van der Waals surface area contributed by atoms with Gasteiger partial charge in [-0.15, -0.1) is 0 Å². The van der Waals surface area contributed by atoms with Gasteiger partial charge in [-0.3, -0.25) is 9.69 Å². The second-order valence-electron chi connectivity index (χ2n) is 5.33. The molecule has 106 valence electrons. The highest BCUT2D eigenvalue weighted by Gasteiger charge is 2.24. The van der Waals surface area contributed by atoms with E-state index in [1.165, 1.54) is 0 Å². The summed E-state index contributed by atoms with van der Waals surface area (Å²) in [6.45, 7) is 5.87. The first-order valence-electron chi connectivity index (χ1n) is 6.14. The summed E-state index contributed by atoms with van der Waals surface area (Å²) < 4.78 is 0. The van der Waals surface area contributed by atoms with Gasteiger partial charge in [-0.05, 0) is 51.6 Å². The molecule has 0 saturated carbocycles. The molecule has 0 atom stereocenters. The summed E-state index contributed by atoms with van der Waals surface area (Å²) in [5.74, 6) is -0.116. The van der Waals surface area contributed by atoms with Crippen LogP contribution in [0.2, 0.25) is 5.02 Å². The molecule has 0 fully saturated rings. The van der Waals surface area contributed by atoms with E-state index in [4.69, 9.17) is 11.6 Å². The topological polar surface area (TPSA) is 52.6 Å². The number of aliphatic hydroxyl groups is 1. The maximum absolute atomic E-state index is 12.0. The van der Waals surface area contributed by atoms with Crippen molar-refractivity contribution < 1.29 is 9.90 Å². The number of halogens is 1. The molecule has 1 aromatic carbocycles. The number of carbonyl (C=O) groups is 1. The Balaban J connectivity index is 2.65. The number of likely N-dealkylation sites (N-methyl/N-ethyl adjacent to an activating group) is 1. The Hall–Kier alpha value is -1.10. The SMILES string of the molecule is Cc1cc(Cl)ccc1NC(=O)CN(C)C(C)(C)CO. The Bertz CT molecular complexity index is 461. The van der Waals surface area contributed by atoms with Crippen LogP contribution in [0.4, 0.5) is 5.69 Å². The van der Waals surface area contributed by atoms with Gasteiger partial charge in [-0.1, -0.05) is 11.6 Å². The molecule has 5 heteroatoms. The van der Waals surface area contributed by atoms with Crippen molar-refractivity contribution in [3.8, 4) is 0 Å². The number of hydrogen-bond acceptors (Lipinski definition) is 3. The number of hydrogen-bond donors (Lipinski definition) is 2. The number of carbonyl (C=O) groups excluding carboxylic acids is 1. The quantitative estimate of drug-likeness (QED) is 0.872. The normalized spacial score (nSPS) is 11.7. The number of anilines is 1. The van der Waals surface area contributed by atoms with Gasteiger partial charge in [-0.2, -0.15) is 0 Å². The average Bonchev–Trinajstić information content (AvgIpc) is 2.32. The first-order valence-corrected chi connectivity index (χ1v) is 6.52. The number of aliphatic hydroxyl groups excluding tert-OH is 1. The minimum atomic E-state index is -0.424. The second-order valence-corrected chi connectivity index (χ2v) is 5.77. The number of benzene rings is 1. The van der Waals surface area contributed by atoms with Crippen LogP contribution in [0, 0.1) is 6.92 Å². The van der Waals surface area contributed by atoms with Gasteiger partial charge in [-0.25, -0.2) is 0 Å². The number of nitrogens with one attached hydrogen (secondary N) is 1. The van der Waals surface area contributed by atoms with Crippen LogP contribution in [0.1, 0.15) is 19.4 Å². The molecular formula is C14H21ClN2O2. The first kappa shape index (κ1) is 16.0. The van der Waals surface area contributed by atoms with Crippen molar-refractivity contribution in [3.63, 3.8) is 0 Å². The zero-order valence-electron chi connectivity index (χ0n) is 11.8. The van der Waals surface area contributed by atoms with Crippen molar-refractivity contribution in [1.29, 1.82) is 0 Å². The minimum absolute atomic E-state index is 0.00322. The molecule has 0 spiro atoms. The molecule has 19 heavy (non-hydrogen) atoms. The Morgan fingerprint density at radius 1 is 1.47 bits per heavy atom.